The van der Waals surface area contributed by atoms with Gasteiger partial charge in [-0.05, 0) is 45.2 Å². The molecule has 1 saturated carbocycles. The Balaban J connectivity index is 0.000000211. The summed E-state index contributed by atoms with van der Waals surface area (Å²) in [4.78, 5) is 15.3. The summed E-state index contributed by atoms with van der Waals surface area (Å²) in [6.45, 7) is 4.67. The average Bonchev–Trinajstić information content (AvgIpc) is 2.57. The van der Waals surface area contributed by atoms with Gasteiger partial charge in [0, 0.05) is 45.1 Å². The summed E-state index contributed by atoms with van der Waals surface area (Å²) in [5.41, 5.74) is 0.991. The number of oxime groups is 1. The monoisotopic (exact) mass is 307 g/mol. The van der Waals surface area contributed by atoms with Crippen LogP contribution in [0.25, 0.3) is 0 Å². The van der Waals surface area contributed by atoms with Gasteiger partial charge in [0.25, 0.3) is 0 Å². The Bertz CT molecular complexity index is 412. The number of likely N-dealkylation sites (N-methyl/N-ethyl adjacent to an activating group) is 1. The fourth-order valence-corrected chi connectivity index (χ4v) is 3.30. The molecule has 1 heterocycles. The SMILES string of the molecule is CN1CCN(C2CCCC(=NO)C2)CC1.O=C1C=CCCC1. The summed E-state index contributed by atoms with van der Waals surface area (Å²) in [5.74, 6) is 0.284. The molecule has 2 fully saturated rings. The highest BCUT2D eigenvalue weighted by molar-refractivity contribution is 5.90. The highest BCUT2D eigenvalue weighted by Crippen LogP contribution is 2.22. The lowest BCUT2D eigenvalue weighted by Crippen LogP contribution is -2.50. The van der Waals surface area contributed by atoms with Gasteiger partial charge in [0.1, 0.15) is 0 Å². The van der Waals surface area contributed by atoms with E-state index >= 15 is 0 Å². The smallest absolute Gasteiger partial charge is 0.155 e. The Labute approximate surface area is 133 Å². The number of ketones is 1. The van der Waals surface area contributed by atoms with Crippen LogP contribution in [0.3, 0.4) is 0 Å². The second-order valence-electron chi connectivity index (χ2n) is 6.52. The maximum absolute atomic E-state index is 10.4. The standard InChI is InChI=1S/C11H21N3O.C6H8O/c1-13-5-7-14(8-6-13)11-4-2-3-10(9-11)12-15;7-6-4-2-1-3-5-6/h11,15H,2-9H2,1H3;2,4H,1,3,5H2. The van der Waals surface area contributed by atoms with Crippen LogP contribution < -0.4 is 0 Å². The van der Waals surface area contributed by atoms with Crippen molar-refractivity contribution in [3.05, 3.63) is 12.2 Å². The Hall–Kier alpha value is -1.20. The number of carbonyl (C=O) groups excluding carboxylic acids is 1. The van der Waals surface area contributed by atoms with Crippen LogP contribution in [0, 0.1) is 0 Å². The first-order valence-electron chi connectivity index (χ1n) is 8.51. The highest BCUT2D eigenvalue weighted by Gasteiger charge is 2.26. The fourth-order valence-electron chi connectivity index (χ4n) is 3.30. The molecule has 1 aliphatic heterocycles. The Kier molecular flexibility index (Phi) is 7.06. The van der Waals surface area contributed by atoms with E-state index in [2.05, 4.69) is 22.0 Å². The molecule has 2 aliphatic carbocycles. The first-order chi connectivity index (χ1) is 10.7. The van der Waals surface area contributed by atoms with Gasteiger partial charge >= 0.3 is 0 Å². The van der Waals surface area contributed by atoms with Crippen molar-refractivity contribution in [2.45, 2.75) is 51.0 Å². The van der Waals surface area contributed by atoms with E-state index in [9.17, 15) is 4.79 Å². The zero-order valence-electron chi connectivity index (χ0n) is 13.7. The van der Waals surface area contributed by atoms with Crippen LogP contribution in [0.4, 0.5) is 0 Å². The molecule has 0 aromatic carbocycles. The molecule has 0 spiro atoms. The number of rotatable bonds is 1. The minimum Gasteiger partial charge on any atom is -0.411 e. The third kappa shape index (κ3) is 5.54. The minimum absolute atomic E-state index is 0.284. The molecule has 0 bridgehead atoms. The summed E-state index contributed by atoms with van der Waals surface area (Å²) < 4.78 is 0. The number of carbonyl (C=O) groups is 1. The van der Waals surface area contributed by atoms with Crippen molar-refractivity contribution in [3.8, 4) is 0 Å². The first kappa shape index (κ1) is 17.2. The van der Waals surface area contributed by atoms with Crippen LogP contribution in [0.5, 0.6) is 0 Å². The van der Waals surface area contributed by atoms with Gasteiger partial charge in [-0.3, -0.25) is 9.69 Å². The highest BCUT2D eigenvalue weighted by atomic mass is 16.4. The molecule has 3 rings (SSSR count). The fraction of sp³-hybridized carbons (Fsp3) is 0.765. The molecular weight excluding hydrogens is 278 g/mol. The van der Waals surface area contributed by atoms with Gasteiger partial charge in [0.2, 0.25) is 0 Å². The molecule has 1 atom stereocenters. The van der Waals surface area contributed by atoms with Gasteiger partial charge in [0.15, 0.2) is 5.78 Å². The van der Waals surface area contributed by atoms with Gasteiger partial charge in [-0.15, -0.1) is 0 Å². The molecule has 0 aromatic rings. The molecule has 1 saturated heterocycles. The van der Waals surface area contributed by atoms with Gasteiger partial charge in [-0.1, -0.05) is 11.2 Å². The molecule has 0 radical (unpaired) electrons. The maximum atomic E-state index is 10.4. The van der Waals surface area contributed by atoms with Crippen LogP contribution >= 0.6 is 0 Å². The normalized spacial score (nSPS) is 29.2. The van der Waals surface area contributed by atoms with E-state index in [4.69, 9.17) is 5.21 Å². The number of piperazine rings is 1. The molecule has 0 aromatic heterocycles. The van der Waals surface area contributed by atoms with Crippen molar-refractivity contribution < 1.29 is 10.0 Å². The van der Waals surface area contributed by atoms with E-state index in [1.54, 1.807) is 6.08 Å². The van der Waals surface area contributed by atoms with Crippen molar-refractivity contribution in [2.24, 2.45) is 5.16 Å². The second-order valence-corrected chi connectivity index (χ2v) is 6.52. The molecule has 1 unspecified atom stereocenters. The average molecular weight is 307 g/mol. The quantitative estimate of drug-likeness (QED) is 0.596. The third-order valence-corrected chi connectivity index (χ3v) is 4.77. The molecule has 5 nitrogen and oxygen atoms in total. The van der Waals surface area contributed by atoms with Crippen molar-refractivity contribution in [3.63, 3.8) is 0 Å². The Morgan fingerprint density at radius 2 is 1.95 bits per heavy atom. The predicted molar refractivity (Wildman–Crippen MR) is 88.5 cm³/mol. The van der Waals surface area contributed by atoms with Gasteiger partial charge in [-0.2, -0.15) is 0 Å². The summed E-state index contributed by atoms with van der Waals surface area (Å²) >= 11 is 0. The van der Waals surface area contributed by atoms with Crippen molar-refractivity contribution >= 4 is 11.5 Å². The molecule has 22 heavy (non-hydrogen) atoms. The first-order valence-corrected chi connectivity index (χ1v) is 8.51. The van der Waals surface area contributed by atoms with Crippen molar-refractivity contribution in [1.82, 2.24) is 9.80 Å². The van der Waals surface area contributed by atoms with E-state index in [-0.39, 0.29) is 5.78 Å². The molecule has 0 amide bonds. The van der Waals surface area contributed by atoms with Crippen LogP contribution in [0.1, 0.15) is 44.9 Å². The number of nitrogens with zero attached hydrogens (tertiary/aromatic N) is 3. The summed E-state index contributed by atoms with van der Waals surface area (Å²) in [6.07, 6.45) is 10.9. The summed E-state index contributed by atoms with van der Waals surface area (Å²) in [6, 6.07) is 0.623. The third-order valence-electron chi connectivity index (χ3n) is 4.77. The van der Waals surface area contributed by atoms with Crippen LogP contribution in [-0.2, 0) is 4.79 Å². The maximum Gasteiger partial charge on any atom is 0.155 e. The van der Waals surface area contributed by atoms with E-state index in [1.165, 1.54) is 39.0 Å². The zero-order valence-corrected chi connectivity index (χ0v) is 13.7. The van der Waals surface area contributed by atoms with Crippen molar-refractivity contribution in [1.29, 1.82) is 0 Å². The lowest BCUT2D eigenvalue weighted by molar-refractivity contribution is -0.114. The van der Waals surface area contributed by atoms with Crippen LogP contribution in [0.15, 0.2) is 17.3 Å². The Morgan fingerprint density at radius 3 is 2.50 bits per heavy atom. The number of hydrogen-bond donors (Lipinski definition) is 1. The van der Waals surface area contributed by atoms with E-state index in [1.807, 2.05) is 6.08 Å². The zero-order chi connectivity index (χ0) is 15.8. The van der Waals surface area contributed by atoms with Gasteiger partial charge in [-0.25, -0.2) is 0 Å². The molecule has 5 heteroatoms. The lowest BCUT2D eigenvalue weighted by atomic mass is 9.92. The molecule has 1 N–H and O–H groups in total. The van der Waals surface area contributed by atoms with Gasteiger partial charge < -0.3 is 10.1 Å². The topological polar surface area (TPSA) is 56.1 Å². The van der Waals surface area contributed by atoms with E-state index < -0.39 is 0 Å². The Morgan fingerprint density at radius 1 is 1.18 bits per heavy atom. The largest absolute Gasteiger partial charge is 0.411 e. The summed E-state index contributed by atoms with van der Waals surface area (Å²) in [7, 11) is 2.18. The van der Waals surface area contributed by atoms with Gasteiger partial charge in [0.05, 0.1) is 5.71 Å². The van der Waals surface area contributed by atoms with Crippen LogP contribution in [-0.4, -0.2) is 65.8 Å². The molecule has 124 valence electrons. The number of hydrogen-bond acceptors (Lipinski definition) is 5. The van der Waals surface area contributed by atoms with E-state index in [0.29, 0.717) is 6.04 Å². The van der Waals surface area contributed by atoms with Crippen molar-refractivity contribution in [2.75, 3.05) is 33.2 Å². The molecular formula is C17H29N3O2. The second kappa shape index (κ2) is 9.06. The number of allylic oxidation sites excluding steroid dienone is 2. The summed E-state index contributed by atoms with van der Waals surface area (Å²) in [5, 5.41) is 12.2. The van der Waals surface area contributed by atoms with Crippen LogP contribution in [0.2, 0.25) is 0 Å². The van der Waals surface area contributed by atoms with E-state index in [0.717, 1.165) is 37.8 Å². The lowest BCUT2D eigenvalue weighted by Gasteiger charge is -2.39. The predicted octanol–water partition coefficient (Wildman–Crippen LogP) is 2.30. The minimum atomic E-state index is 0.284. The molecule has 3 aliphatic rings.